The fourth-order valence-corrected chi connectivity index (χ4v) is 2.99. The highest BCUT2D eigenvalue weighted by Gasteiger charge is 2.15. The van der Waals surface area contributed by atoms with Gasteiger partial charge in [-0.2, -0.15) is 0 Å². The van der Waals surface area contributed by atoms with Crippen molar-refractivity contribution in [2.45, 2.75) is 26.1 Å². The van der Waals surface area contributed by atoms with Gasteiger partial charge in [-0.3, -0.25) is 4.90 Å². The van der Waals surface area contributed by atoms with Crippen LogP contribution in [-0.4, -0.2) is 18.5 Å². The van der Waals surface area contributed by atoms with Gasteiger partial charge in [-0.1, -0.05) is 48.5 Å². The number of hydrogen-bond donors (Lipinski definition) is 1. The molecule has 1 aliphatic heterocycles. The minimum Gasteiger partial charge on any atom is -0.316 e. The van der Waals surface area contributed by atoms with Crippen molar-refractivity contribution in [2.24, 2.45) is 0 Å². The van der Waals surface area contributed by atoms with E-state index in [2.05, 4.69) is 58.7 Å². The molecule has 1 heterocycles. The largest absolute Gasteiger partial charge is 0.316 e. The van der Waals surface area contributed by atoms with Crippen LogP contribution in [0.3, 0.4) is 0 Å². The van der Waals surface area contributed by atoms with E-state index >= 15 is 0 Å². The molecule has 0 bridgehead atoms. The first-order valence-electron chi connectivity index (χ1n) is 7.37. The summed E-state index contributed by atoms with van der Waals surface area (Å²) in [7, 11) is 1.99. The van der Waals surface area contributed by atoms with Crippen molar-refractivity contribution in [2.75, 3.05) is 13.6 Å². The van der Waals surface area contributed by atoms with E-state index < -0.39 is 0 Å². The second-order valence-electron chi connectivity index (χ2n) is 5.58. The predicted octanol–water partition coefficient (Wildman–Crippen LogP) is 2.96. The first-order chi connectivity index (χ1) is 9.85. The van der Waals surface area contributed by atoms with E-state index in [4.69, 9.17) is 0 Å². The van der Waals surface area contributed by atoms with E-state index in [0.29, 0.717) is 0 Å². The molecule has 0 radical (unpaired) electrons. The molecule has 0 spiro atoms. The van der Waals surface area contributed by atoms with Crippen LogP contribution in [0.2, 0.25) is 0 Å². The summed E-state index contributed by atoms with van der Waals surface area (Å²) >= 11 is 0. The molecule has 0 fully saturated rings. The summed E-state index contributed by atoms with van der Waals surface area (Å²) < 4.78 is 0. The van der Waals surface area contributed by atoms with E-state index in [1.807, 2.05) is 7.05 Å². The first kappa shape index (κ1) is 13.3. The van der Waals surface area contributed by atoms with Crippen molar-refractivity contribution in [3.63, 3.8) is 0 Å². The molecule has 2 heteroatoms. The van der Waals surface area contributed by atoms with Crippen molar-refractivity contribution in [3.05, 3.63) is 70.8 Å². The molecular formula is C18H22N2. The van der Waals surface area contributed by atoms with E-state index in [1.54, 1.807) is 0 Å². The molecule has 2 nitrogen and oxygen atoms in total. The van der Waals surface area contributed by atoms with Gasteiger partial charge in [0.2, 0.25) is 0 Å². The Hall–Kier alpha value is -1.64. The van der Waals surface area contributed by atoms with Crippen LogP contribution in [-0.2, 0) is 26.1 Å². The van der Waals surface area contributed by atoms with Crippen LogP contribution >= 0.6 is 0 Å². The average molecular weight is 266 g/mol. The Kier molecular flexibility index (Phi) is 4.14. The van der Waals surface area contributed by atoms with Crippen LogP contribution < -0.4 is 5.32 Å². The number of nitrogens with one attached hydrogen (secondary N) is 1. The highest BCUT2D eigenvalue weighted by Crippen LogP contribution is 2.20. The van der Waals surface area contributed by atoms with Crippen molar-refractivity contribution < 1.29 is 0 Å². The lowest BCUT2D eigenvalue weighted by molar-refractivity contribution is 0.245. The van der Waals surface area contributed by atoms with Gasteiger partial charge in [-0.15, -0.1) is 0 Å². The summed E-state index contributed by atoms with van der Waals surface area (Å²) in [5.74, 6) is 0. The van der Waals surface area contributed by atoms with Gasteiger partial charge in [0, 0.05) is 26.2 Å². The maximum Gasteiger partial charge on any atom is 0.0240 e. The molecule has 2 aromatic carbocycles. The molecule has 0 saturated heterocycles. The smallest absolute Gasteiger partial charge is 0.0240 e. The van der Waals surface area contributed by atoms with Crippen molar-refractivity contribution >= 4 is 0 Å². The Morgan fingerprint density at radius 2 is 1.80 bits per heavy atom. The third kappa shape index (κ3) is 3.09. The molecule has 3 rings (SSSR count). The fraction of sp³-hybridized carbons (Fsp3) is 0.333. The van der Waals surface area contributed by atoms with Gasteiger partial charge >= 0.3 is 0 Å². The molecule has 0 aromatic heterocycles. The molecule has 104 valence electrons. The Balaban J connectivity index is 1.69. The minimum atomic E-state index is 0.941. The standard InChI is InChI=1S/C18H22N2/c1-19-12-15-5-4-6-16(11-15)13-20-10-9-17-7-2-3-8-18(17)14-20/h2-8,11,19H,9-10,12-14H2,1H3. The van der Waals surface area contributed by atoms with Gasteiger partial charge in [-0.25, -0.2) is 0 Å². The second-order valence-corrected chi connectivity index (χ2v) is 5.58. The highest BCUT2D eigenvalue weighted by atomic mass is 15.1. The summed E-state index contributed by atoms with van der Waals surface area (Å²) in [5.41, 5.74) is 5.79. The number of hydrogen-bond acceptors (Lipinski definition) is 2. The van der Waals surface area contributed by atoms with E-state index in [9.17, 15) is 0 Å². The zero-order valence-corrected chi connectivity index (χ0v) is 12.1. The van der Waals surface area contributed by atoms with Crippen LogP contribution in [0.15, 0.2) is 48.5 Å². The zero-order valence-electron chi connectivity index (χ0n) is 12.1. The average Bonchev–Trinajstić information content (AvgIpc) is 2.48. The molecule has 1 N–H and O–H groups in total. The van der Waals surface area contributed by atoms with Crippen LogP contribution in [0.4, 0.5) is 0 Å². The first-order valence-corrected chi connectivity index (χ1v) is 7.37. The summed E-state index contributed by atoms with van der Waals surface area (Å²) in [6, 6.07) is 17.7. The summed E-state index contributed by atoms with van der Waals surface area (Å²) in [6.07, 6.45) is 1.17. The monoisotopic (exact) mass is 266 g/mol. The molecule has 0 saturated carbocycles. The summed E-state index contributed by atoms with van der Waals surface area (Å²) in [6.45, 7) is 4.22. The summed E-state index contributed by atoms with van der Waals surface area (Å²) in [4.78, 5) is 2.54. The molecule has 20 heavy (non-hydrogen) atoms. The fourth-order valence-electron chi connectivity index (χ4n) is 2.99. The predicted molar refractivity (Wildman–Crippen MR) is 83.5 cm³/mol. The third-order valence-electron chi connectivity index (χ3n) is 3.99. The van der Waals surface area contributed by atoms with Crippen LogP contribution in [0.5, 0.6) is 0 Å². The Morgan fingerprint density at radius 3 is 2.65 bits per heavy atom. The van der Waals surface area contributed by atoms with Gasteiger partial charge in [0.1, 0.15) is 0 Å². The summed E-state index contributed by atoms with van der Waals surface area (Å²) in [5, 5.41) is 3.21. The lowest BCUT2D eigenvalue weighted by atomic mass is 9.99. The van der Waals surface area contributed by atoms with Crippen molar-refractivity contribution in [1.82, 2.24) is 10.2 Å². The molecule has 2 aromatic rings. The highest BCUT2D eigenvalue weighted by molar-refractivity contribution is 5.30. The molecule has 0 amide bonds. The van der Waals surface area contributed by atoms with Crippen LogP contribution in [0.1, 0.15) is 22.3 Å². The maximum absolute atomic E-state index is 3.21. The van der Waals surface area contributed by atoms with E-state index in [0.717, 1.165) is 26.2 Å². The number of nitrogens with zero attached hydrogens (tertiary/aromatic N) is 1. The second kappa shape index (κ2) is 6.21. The zero-order chi connectivity index (χ0) is 13.8. The van der Waals surface area contributed by atoms with E-state index in [1.165, 1.54) is 28.7 Å². The third-order valence-corrected chi connectivity index (χ3v) is 3.99. The van der Waals surface area contributed by atoms with Crippen LogP contribution in [0, 0.1) is 0 Å². The Labute approximate surface area is 121 Å². The van der Waals surface area contributed by atoms with Gasteiger partial charge in [0.15, 0.2) is 0 Å². The molecule has 0 aliphatic carbocycles. The van der Waals surface area contributed by atoms with Gasteiger partial charge in [0.05, 0.1) is 0 Å². The molecule has 0 atom stereocenters. The SMILES string of the molecule is CNCc1cccc(CN2CCc3ccccc3C2)c1. The molecule has 1 aliphatic rings. The normalized spacial score (nSPS) is 15.1. The number of fused-ring (bicyclic) bond motifs is 1. The lowest BCUT2D eigenvalue weighted by Crippen LogP contribution is -2.30. The quantitative estimate of drug-likeness (QED) is 0.915. The Morgan fingerprint density at radius 1 is 1.00 bits per heavy atom. The molecule has 0 unspecified atom stereocenters. The Bertz CT molecular complexity index is 577. The van der Waals surface area contributed by atoms with Gasteiger partial charge in [0.25, 0.3) is 0 Å². The van der Waals surface area contributed by atoms with Crippen molar-refractivity contribution in [3.8, 4) is 0 Å². The lowest BCUT2D eigenvalue weighted by Gasteiger charge is -2.28. The minimum absolute atomic E-state index is 0.941. The molecular weight excluding hydrogens is 244 g/mol. The van der Waals surface area contributed by atoms with Crippen LogP contribution in [0.25, 0.3) is 0 Å². The topological polar surface area (TPSA) is 15.3 Å². The number of benzene rings is 2. The van der Waals surface area contributed by atoms with Crippen molar-refractivity contribution in [1.29, 1.82) is 0 Å². The maximum atomic E-state index is 3.21. The number of rotatable bonds is 4. The van der Waals surface area contributed by atoms with E-state index in [-0.39, 0.29) is 0 Å². The van der Waals surface area contributed by atoms with Gasteiger partial charge in [-0.05, 0) is 35.7 Å². The van der Waals surface area contributed by atoms with Gasteiger partial charge < -0.3 is 5.32 Å².